The van der Waals surface area contributed by atoms with E-state index in [1.165, 1.54) is 0 Å². The summed E-state index contributed by atoms with van der Waals surface area (Å²) in [6, 6.07) is 9.84. The Hall–Kier alpha value is -1.69. The van der Waals surface area contributed by atoms with Crippen LogP contribution in [0, 0.1) is 5.92 Å². The highest BCUT2D eigenvalue weighted by molar-refractivity contribution is 5.79. The monoisotopic (exact) mass is 387 g/mol. The zero-order chi connectivity index (χ0) is 20.1. The van der Waals surface area contributed by atoms with Crippen molar-refractivity contribution >= 4 is 5.91 Å². The van der Waals surface area contributed by atoms with Gasteiger partial charge in [0.1, 0.15) is 11.8 Å². The van der Waals surface area contributed by atoms with Crippen molar-refractivity contribution in [1.29, 1.82) is 0 Å². The molecule has 1 aromatic carbocycles. The van der Waals surface area contributed by atoms with Gasteiger partial charge >= 0.3 is 0 Å². The van der Waals surface area contributed by atoms with Crippen molar-refractivity contribution in [3.63, 3.8) is 0 Å². The molecule has 5 nitrogen and oxygen atoms in total. The Morgan fingerprint density at radius 3 is 2.82 bits per heavy atom. The molecule has 0 spiro atoms. The number of piperidine rings is 1. The fourth-order valence-corrected chi connectivity index (χ4v) is 4.59. The number of benzene rings is 1. The molecule has 2 fully saturated rings. The summed E-state index contributed by atoms with van der Waals surface area (Å²) >= 11 is 0. The van der Waals surface area contributed by atoms with E-state index in [0.717, 1.165) is 24.8 Å². The number of hydrogen-bond donors (Lipinski definition) is 1. The van der Waals surface area contributed by atoms with Crippen LogP contribution in [0.25, 0.3) is 0 Å². The number of ether oxygens (including phenoxy) is 2. The molecule has 1 amide bonds. The topological polar surface area (TPSA) is 59.0 Å². The minimum absolute atomic E-state index is 0.0280. The first kappa shape index (κ1) is 21.0. The van der Waals surface area contributed by atoms with E-state index < -0.39 is 11.8 Å². The van der Waals surface area contributed by atoms with Crippen LogP contribution in [-0.2, 0) is 14.3 Å². The lowest BCUT2D eigenvalue weighted by Gasteiger charge is -2.44. The van der Waals surface area contributed by atoms with Gasteiger partial charge in [-0.2, -0.15) is 0 Å². The van der Waals surface area contributed by atoms with E-state index in [9.17, 15) is 9.90 Å². The summed E-state index contributed by atoms with van der Waals surface area (Å²) in [6.07, 6.45) is 7.17. The maximum absolute atomic E-state index is 13.1. The molecule has 0 aliphatic carbocycles. The third-order valence-corrected chi connectivity index (χ3v) is 5.92. The standard InChI is InChI=1S/C23H33NO4/c1-4-5-6-10-13-20(25)18-14-21(26)24-19(16-27-3)22(28-23(24,2)15-18)17-11-8-7-9-12-17/h7-13,18-20,22,25H,4-6,14-16H2,1-3H3/b13-10+/t18-,19+,20-,22+,23-/m1/s1. The number of aliphatic hydroxyl groups is 1. The maximum Gasteiger partial charge on any atom is 0.225 e. The average Bonchev–Trinajstić information content (AvgIpc) is 2.99. The minimum Gasteiger partial charge on any atom is -0.389 e. The Morgan fingerprint density at radius 2 is 2.14 bits per heavy atom. The molecule has 154 valence electrons. The van der Waals surface area contributed by atoms with E-state index in [1.807, 2.05) is 54.3 Å². The van der Waals surface area contributed by atoms with Crippen molar-refractivity contribution in [3.8, 4) is 0 Å². The predicted octanol–water partition coefficient (Wildman–Crippen LogP) is 3.84. The third kappa shape index (κ3) is 4.32. The molecular formula is C23H33NO4. The minimum atomic E-state index is -0.734. The summed E-state index contributed by atoms with van der Waals surface area (Å²) in [6.45, 7) is 4.54. The molecule has 5 atom stereocenters. The van der Waals surface area contributed by atoms with E-state index in [-0.39, 0.29) is 24.0 Å². The van der Waals surface area contributed by atoms with Gasteiger partial charge in [-0.3, -0.25) is 4.79 Å². The Balaban J connectivity index is 1.79. The van der Waals surface area contributed by atoms with Gasteiger partial charge in [-0.05, 0) is 18.9 Å². The number of hydrogen-bond acceptors (Lipinski definition) is 4. The molecule has 0 saturated carbocycles. The number of aliphatic hydroxyl groups excluding tert-OH is 1. The van der Waals surface area contributed by atoms with Gasteiger partial charge in [-0.1, -0.05) is 62.2 Å². The van der Waals surface area contributed by atoms with Crippen LogP contribution in [-0.4, -0.2) is 47.5 Å². The van der Waals surface area contributed by atoms with E-state index in [4.69, 9.17) is 9.47 Å². The van der Waals surface area contributed by atoms with Crippen LogP contribution in [0.5, 0.6) is 0 Å². The van der Waals surface area contributed by atoms with Gasteiger partial charge in [0.15, 0.2) is 0 Å². The lowest BCUT2D eigenvalue weighted by molar-refractivity contribution is -0.169. The average molecular weight is 388 g/mol. The Bertz CT molecular complexity index is 676. The summed E-state index contributed by atoms with van der Waals surface area (Å²) in [5.74, 6) is -0.107. The Morgan fingerprint density at radius 1 is 1.39 bits per heavy atom. The van der Waals surface area contributed by atoms with Gasteiger partial charge in [-0.15, -0.1) is 0 Å². The van der Waals surface area contributed by atoms with Crippen molar-refractivity contribution in [3.05, 3.63) is 48.0 Å². The fraction of sp³-hybridized carbons (Fsp3) is 0.609. The Labute approximate surface area is 168 Å². The molecule has 2 aliphatic rings. The molecule has 5 heteroatoms. The number of rotatable bonds is 8. The summed E-state index contributed by atoms with van der Waals surface area (Å²) < 4.78 is 11.9. The summed E-state index contributed by atoms with van der Waals surface area (Å²) in [7, 11) is 1.65. The number of allylic oxidation sites excluding steroid dienone is 1. The zero-order valence-electron chi connectivity index (χ0n) is 17.2. The first-order valence-corrected chi connectivity index (χ1v) is 10.4. The molecular weight excluding hydrogens is 354 g/mol. The smallest absolute Gasteiger partial charge is 0.225 e. The van der Waals surface area contributed by atoms with E-state index in [2.05, 4.69) is 6.92 Å². The van der Waals surface area contributed by atoms with Gasteiger partial charge in [0.25, 0.3) is 0 Å². The number of fused-ring (bicyclic) bond motifs is 1. The normalized spacial score (nSPS) is 31.4. The molecule has 0 unspecified atom stereocenters. The molecule has 2 saturated heterocycles. The van der Waals surface area contributed by atoms with Gasteiger partial charge in [0.2, 0.25) is 5.91 Å². The number of carbonyl (C=O) groups is 1. The van der Waals surface area contributed by atoms with E-state index in [1.54, 1.807) is 7.11 Å². The molecule has 1 N–H and O–H groups in total. The van der Waals surface area contributed by atoms with Crippen LogP contribution in [0.4, 0.5) is 0 Å². The van der Waals surface area contributed by atoms with Crippen LogP contribution < -0.4 is 0 Å². The Kier molecular flexibility index (Phi) is 6.91. The quantitative estimate of drug-likeness (QED) is 0.544. The van der Waals surface area contributed by atoms with Crippen LogP contribution in [0.15, 0.2) is 42.5 Å². The first-order chi connectivity index (χ1) is 13.5. The highest BCUT2D eigenvalue weighted by atomic mass is 16.6. The van der Waals surface area contributed by atoms with E-state index >= 15 is 0 Å². The lowest BCUT2D eigenvalue weighted by Crippen LogP contribution is -2.56. The molecule has 0 aromatic heterocycles. The van der Waals surface area contributed by atoms with Crippen LogP contribution in [0.3, 0.4) is 0 Å². The van der Waals surface area contributed by atoms with Crippen LogP contribution >= 0.6 is 0 Å². The number of amides is 1. The van der Waals surface area contributed by atoms with Crippen molar-refractivity contribution < 1.29 is 19.4 Å². The maximum atomic E-state index is 13.1. The van der Waals surface area contributed by atoms with Crippen molar-refractivity contribution in [1.82, 2.24) is 4.90 Å². The highest BCUT2D eigenvalue weighted by Crippen LogP contribution is 2.48. The molecule has 3 rings (SSSR count). The van der Waals surface area contributed by atoms with E-state index in [0.29, 0.717) is 19.4 Å². The van der Waals surface area contributed by atoms with Gasteiger partial charge in [0.05, 0.1) is 18.8 Å². The zero-order valence-corrected chi connectivity index (χ0v) is 17.2. The molecule has 0 radical (unpaired) electrons. The van der Waals surface area contributed by atoms with Gasteiger partial charge in [0, 0.05) is 25.9 Å². The van der Waals surface area contributed by atoms with Crippen LogP contribution in [0.1, 0.15) is 57.6 Å². The van der Waals surface area contributed by atoms with Gasteiger partial charge in [-0.25, -0.2) is 0 Å². The van der Waals surface area contributed by atoms with Crippen molar-refractivity contribution in [2.75, 3.05) is 13.7 Å². The second-order valence-corrected chi connectivity index (χ2v) is 8.14. The molecule has 28 heavy (non-hydrogen) atoms. The van der Waals surface area contributed by atoms with Gasteiger partial charge < -0.3 is 19.5 Å². The second-order valence-electron chi connectivity index (χ2n) is 8.14. The number of carbonyl (C=O) groups excluding carboxylic acids is 1. The predicted molar refractivity (Wildman–Crippen MR) is 109 cm³/mol. The number of methoxy groups -OCH3 is 1. The first-order valence-electron chi connectivity index (χ1n) is 10.4. The second kappa shape index (κ2) is 9.21. The largest absolute Gasteiger partial charge is 0.389 e. The molecule has 2 heterocycles. The summed E-state index contributed by atoms with van der Waals surface area (Å²) in [4.78, 5) is 14.9. The third-order valence-electron chi connectivity index (χ3n) is 5.92. The fourth-order valence-electron chi connectivity index (χ4n) is 4.59. The lowest BCUT2D eigenvalue weighted by atomic mass is 9.84. The van der Waals surface area contributed by atoms with Crippen molar-refractivity contribution in [2.45, 2.75) is 69.9 Å². The van der Waals surface area contributed by atoms with Crippen molar-refractivity contribution in [2.24, 2.45) is 5.92 Å². The molecule has 0 bridgehead atoms. The molecule has 2 aliphatic heterocycles. The number of unbranched alkanes of at least 4 members (excludes halogenated alkanes) is 2. The van der Waals surface area contributed by atoms with Crippen LogP contribution in [0.2, 0.25) is 0 Å². The highest BCUT2D eigenvalue weighted by Gasteiger charge is 2.56. The molecule has 1 aromatic rings. The summed E-state index contributed by atoms with van der Waals surface area (Å²) in [5, 5.41) is 10.6. The number of nitrogens with zero attached hydrogens (tertiary/aromatic N) is 1. The summed E-state index contributed by atoms with van der Waals surface area (Å²) in [5.41, 5.74) is 0.312. The SMILES string of the molecule is CCCC/C=C/[C@@H](O)[C@@H]1CC(=O)N2[C@@H](COC)[C@H](c3ccccc3)O[C@]2(C)C1.